The Morgan fingerprint density at radius 1 is 1.24 bits per heavy atom. The molecule has 0 aromatic heterocycles. The Balaban J connectivity index is 2.60. The second-order valence-electron chi connectivity index (χ2n) is 6.67. The maximum absolute atomic E-state index is 3.99. The minimum absolute atomic E-state index is 0.771. The van der Waals surface area contributed by atoms with E-state index in [-0.39, 0.29) is 0 Å². The molecule has 0 nitrogen and oxygen atoms in total. The summed E-state index contributed by atoms with van der Waals surface area (Å²) in [7, 11) is -1.01. The molecule has 0 spiro atoms. The molecule has 0 bridgehead atoms. The van der Waals surface area contributed by atoms with Crippen LogP contribution in [0.15, 0.2) is 24.8 Å². The van der Waals surface area contributed by atoms with Gasteiger partial charge in [0.1, 0.15) is 0 Å². The first-order chi connectivity index (χ1) is 7.99. The van der Waals surface area contributed by atoms with Crippen molar-refractivity contribution in [3.05, 3.63) is 24.8 Å². The van der Waals surface area contributed by atoms with Crippen LogP contribution in [0.1, 0.15) is 39.0 Å². The van der Waals surface area contributed by atoms with Gasteiger partial charge in [-0.3, -0.25) is 0 Å². The average Bonchev–Trinajstić information content (AvgIpc) is 2.67. The van der Waals surface area contributed by atoms with Gasteiger partial charge in [0.25, 0.3) is 0 Å². The largest absolute Gasteiger partial charge is 0.103 e. The molecule has 1 saturated carbocycles. The number of rotatable bonds is 6. The fourth-order valence-electron chi connectivity index (χ4n) is 3.10. The summed E-state index contributed by atoms with van der Waals surface area (Å²) >= 11 is 0. The van der Waals surface area contributed by atoms with Gasteiger partial charge in [0, 0.05) is 8.07 Å². The molecule has 3 atom stereocenters. The Morgan fingerprint density at radius 2 is 1.94 bits per heavy atom. The van der Waals surface area contributed by atoms with E-state index in [1.165, 1.54) is 32.1 Å². The van der Waals surface area contributed by atoms with Gasteiger partial charge in [-0.2, -0.15) is 0 Å². The van der Waals surface area contributed by atoms with Crippen molar-refractivity contribution in [1.82, 2.24) is 0 Å². The minimum Gasteiger partial charge on any atom is -0.103 e. The first kappa shape index (κ1) is 14.8. The molecule has 0 saturated heterocycles. The summed E-state index contributed by atoms with van der Waals surface area (Å²) in [6.45, 7) is 13.8. The molecule has 0 aliphatic heterocycles. The van der Waals surface area contributed by atoms with Crippen molar-refractivity contribution >= 4 is 8.07 Å². The second kappa shape index (κ2) is 6.58. The van der Waals surface area contributed by atoms with E-state index in [0.717, 1.165) is 17.4 Å². The molecule has 1 rings (SSSR count). The van der Waals surface area contributed by atoms with E-state index in [1.807, 2.05) is 0 Å². The van der Waals surface area contributed by atoms with E-state index in [9.17, 15) is 0 Å². The summed E-state index contributed by atoms with van der Waals surface area (Å²) in [5.41, 5.74) is 0.961. The maximum Gasteiger partial charge on any atom is 0.0479 e. The Labute approximate surface area is 109 Å². The molecule has 3 unspecified atom stereocenters. The molecule has 0 radical (unpaired) electrons. The first-order valence-electron chi connectivity index (χ1n) is 7.28. The highest BCUT2D eigenvalue weighted by Crippen LogP contribution is 2.47. The van der Waals surface area contributed by atoms with Crippen molar-refractivity contribution in [3.63, 3.8) is 0 Å². The zero-order valence-electron chi connectivity index (χ0n) is 12.2. The number of allylic oxidation sites excluding steroid dienone is 3. The van der Waals surface area contributed by atoms with E-state index < -0.39 is 8.07 Å². The fourth-order valence-corrected chi connectivity index (χ4v) is 5.65. The van der Waals surface area contributed by atoms with Crippen LogP contribution in [0, 0.1) is 11.8 Å². The Kier molecular flexibility index (Phi) is 5.71. The topological polar surface area (TPSA) is 0 Å². The van der Waals surface area contributed by atoms with Crippen LogP contribution in [-0.2, 0) is 0 Å². The number of hydrogen-bond donors (Lipinski definition) is 0. The molecule has 17 heavy (non-hydrogen) atoms. The lowest BCUT2D eigenvalue weighted by Crippen LogP contribution is -2.30. The molecule has 0 aromatic rings. The van der Waals surface area contributed by atoms with Gasteiger partial charge in [0.05, 0.1) is 0 Å². The van der Waals surface area contributed by atoms with E-state index in [1.54, 1.807) is 0 Å². The van der Waals surface area contributed by atoms with Crippen molar-refractivity contribution in [2.75, 3.05) is 0 Å². The van der Waals surface area contributed by atoms with Crippen molar-refractivity contribution in [2.45, 2.75) is 64.2 Å². The third kappa shape index (κ3) is 4.46. The van der Waals surface area contributed by atoms with Crippen LogP contribution in [0.3, 0.4) is 0 Å². The van der Waals surface area contributed by atoms with Crippen LogP contribution < -0.4 is 0 Å². The third-order valence-electron chi connectivity index (χ3n) is 4.20. The zero-order chi connectivity index (χ0) is 12.9. The van der Waals surface area contributed by atoms with Crippen LogP contribution in [0.5, 0.6) is 0 Å². The lowest BCUT2D eigenvalue weighted by Gasteiger charge is -2.29. The Morgan fingerprint density at radius 3 is 2.47 bits per heavy atom. The molecule has 0 aromatic carbocycles. The normalized spacial score (nSPS) is 30.0. The smallest absolute Gasteiger partial charge is 0.0479 e. The van der Waals surface area contributed by atoms with Crippen molar-refractivity contribution < 1.29 is 0 Å². The monoisotopic (exact) mass is 250 g/mol. The summed E-state index contributed by atoms with van der Waals surface area (Å²) in [6, 6.07) is 0. The van der Waals surface area contributed by atoms with Crippen LogP contribution in [-0.4, -0.2) is 8.07 Å². The molecule has 1 fully saturated rings. The van der Waals surface area contributed by atoms with Gasteiger partial charge in [-0.05, 0) is 36.6 Å². The molecule has 98 valence electrons. The quantitative estimate of drug-likeness (QED) is 0.324. The molecule has 0 heterocycles. The predicted octanol–water partition coefficient (Wildman–Crippen LogP) is 5.65. The Hall–Kier alpha value is -0.303. The van der Waals surface area contributed by atoms with Gasteiger partial charge < -0.3 is 0 Å². The van der Waals surface area contributed by atoms with E-state index in [4.69, 9.17) is 0 Å². The van der Waals surface area contributed by atoms with Gasteiger partial charge in [-0.1, -0.05) is 57.6 Å². The maximum atomic E-state index is 3.99. The summed E-state index contributed by atoms with van der Waals surface area (Å²) in [5, 5.41) is 0. The molecular weight excluding hydrogens is 220 g/mol. The summed E-state index contributed by atoms with van der Waals surface area (Å²) in [5.74, 6) is 1.61. The van der Waals surface area contributed by atoms with Crippen molar-refractivity contribution in [1.29, 1.82) is 0 Å². The van der Waals surface area contributed by atoms with Crippen LogP contribution in [0.25, 0.3) is 0 Å². The van der Waals surface area contributed by atoms with Gasteiger partial charge in [0.15, 0.2) is 0 Å². The molecule has 0 amide bonds. The summed E-state index contributed by atoms with van der Waals surface area (Å²) in [6.07, 6.45) is 13.8. The highest BCUT2D eigenvalue weighted by molar-refractivity contribution is 6.77. The highest BCUT2D eigenvalue weighted by Gasteiger charge is 2.39. The summed E-state index contributed by atoms with van der Waals surface area (Å²) < 4.78 is 0. The number of hydrogen-bond acceptors (Lipinski definition) is 0. The van der Waals surface area contributed by atoms with Crippen LogP contribution >= 0.6 is 0 Å². The van der Waals surface area contributed by atoms with Gasteiger partial charge in [-0.15, -0.1) is 6.58 Å². The first-order valence-corrected chi connectivity index (χ1v) is 10.9. The Bertz CT molecular complexity index is 259. The van der Waals surface area contributed by atoms with Gasteiger partial charge in [0.2, 0.25) is 0 Å². The van der Waals surface area contributed by atoms with E-state index in [2.05, 4.69) is 51.4 Å². The highest BCUT2D eigenvalue weighted by atomic mass is 28.3. The van der Waals surface area contributed by atoms with Gasteiger partial charge >= 0.3 is 0 Å². The average molecular weight is 251 g/mol. The SMILES string of the molecule is C=CC1CC(/C=C/CCCC)C([Si](C)(C)C)C1. The second-order valence-corrected chi connectivity index (χ2v) is 12.1. The fraction of sp³-hybridized carbons (Fsp3) is 0.750. The molecule has 1 aliphatic carbocycles. The van der Waals surface area contributed by atoms with Crippen molar-refractivity contribution in [3.8, 4) is 0 Å². The standard InChI is InChI=1S/C16H30Si/c1-6-8-9-10-11-15-12-14(7-2)13-16(15)17(3,4)5/h7,10-11,14-16H,2,6,8-9,12-13H2,1,3-5H3/b11-10+. The van der Waals surface area contributed by atoms with Crippen LogP contribution in [0.4, 0.5) is 0 Å². The van der Waals surface area contributed by atoms with Crippen molar-refractivity contribution in [2.24, 2.45) is 11.8 Å². The summed E-state index contributed by atoms with van der Waals surface area (Å²) in [4.78, 5) is 0. The molecule has 1 aliphatic rings. The predicted molar refractivity (Wildman–Crippen MR) is 82.2 cm³/mol. The van der Waals surface area contributed by atoms with Gasteiger partial charge in [-0.25, -0.2) is 0 Å². The molecular formula is C16H30Si. The lowest BCUT2D eigenvalue weighted by molar-refractivity contribution is 0.633. The zero-order valence-corrected chi connectivity index (χ0v) is 13.2. The molecule has 0 N–H and O–H groups in total. The van der Waals surface area contributed by atoms with E-state index >= 15 is 0 Å². The molecule has 1 heteroatoms. The van der Waals surface area contributed by atoms with Crippen LogP contribution in [0.2, 0.25) is 25.2 Å². The minimum atomic E-state index is -1.01. The van der Waals surface area contributed by atoms with E-state index in [0.29, 0.717) is 0 Å². The third-order valence-corrected chi connectivity index (χ3v) is 7.09. The number of unbranched alkanes of at least 4 members (excludes halogenated alkanes) is 2. The lowest BCUT2D eigenvalue weighted by atomic mass is 10.0.